The number of aryl methyl sites for hydroxylation is 1. The third-order valence-electron chi connectivity index (χ3n) is 3.50. The molecular weight excluding hydrogens is 316 g/mol. The molecule has 2 atom stereocenters. The second kappa shape index (κ2) is 7.35. The Morgan fingerprint density at radius 1 is 1.17 bits per heavy atom. The summed E-state index contributed by atoms with van der Waals surface area (Å²) in [5, 5.41) is 25.4. The smallest absolute Gasteiger partial charge is 0.319 e. The summed E-state index contributed by atoms with van der Waals surface area (Å²) < 4.78 is 0. The molecule has 0 aliphatic rings. The van der Waals surface area contributed by atoms with Crippen molar-refractivity contribution in [2.75, 3.05) is 5.32 Å². The number of carbonyl (C=O) groups is 1. The lowest BCUT2D eigenvalue weighted by molar-refractivity contribution is 0.139. The second-order valence-corrected chi connectivity index (χ2v) is 5.79. The number of nitrogens with one attached hydrogen (secondary N) is 2. The number of urea groups is 1. The molecule has 0 bridgehead atoms. The van der Waals surface area contributed by atoms with Gasteiger partial charge in [0.25, 0.3) is 0 Å². The maximum Gasteiger partial charge on any atom is 0.319 e. The van der Waals surface area contributed by atoms with Crippen LogP contribution in [0.5, 0.6) is 5.75 Å². The molecule has 4 N–H and O–H groups in total. The average Bonchev–Trinajstić information content (AvgIpc) is 2.51. The molecule has 0 aliphatic carbocycles. The van der Waals surface area contributed by atoms with Gasteiger partial charge in [0, 0.05) is 10.7 Å². The molecule has 122 valence electrons. The van der Waals surface area contributed by atoms with E-state index in [0.717, 1.165) is 5.56 Å². The average molecular weight is 335 g/mol. The Bertz CT molecular complexity index is 689. The van der Waals surface area contributed by atoms with Crippen molar-refractivity contribution in [2.24, 2.45) is 0 Å². The van der Waals surface area contributed by atoms with E-state index in [1.165, 1.54) is 12.1 Å². The Balaban J connectivity index is 1.95. The maximum absolute atomic E-state index is 12.0. The third-order valence-corrected chi connectivity index (χ3v) is 3.90. The minimum atomic E-state index is -0.886. The van der Waals surface area contributed by atoms with E-state index in [0.29, 0.717) is 16.3 Å². The highest BCUT2D eigenvalue weighted by Crippen LogP contribution is 2.21. The minimum absolute atomic E-state index is 0.121. The number of phenols is 1. The monoisotopic (exact) mass is 334 g/mol. The zero-order valence-corrected chi connectivity index (χ0v) is 13.6. The molecular formula is C17H19ClN2O3. The summed E-state index contributed by atoms with van der Waals surface area (Å²) in [6.07, 6.45) is -0.886. The molecule has 0 saturated heterocycles. The number of aliphatic hydroxyl groups is 1. The Hall–Kier alpha value is -2.24. The number of aliphatic hydroxyl groups excluding tert-OH is 1. The van der Waals surface area contributed by atoms with E-state index < -0.39 is 18.2 Å². The van der Waals surface area contributed by atoms with Crippen LogP contribution < -0.4 is 10.6 Å². The lowest BCUT2D eigenvalue weighted by Gasteiger charge is -2.21. The second-order valence-electron chi connectivity index (χ2n) is 5.39. The zero-order chi connectivity index (χ0) is 17.0. The molecule has 2 rings (SSSR count). The van der Waals surface area contributed by atoms with Gasteiger partial charge in [0.2, 0.25) is 0 Å². The lowest BCUT2D eigenvalue weighted by Crippen LogP contribution is -2.39. The molecule has 0 heterocycles. The number of anilines is 1. The predicted molar refractivity (Wildman–Crippen MR) is 90.9 cm³/mol. The Labute approximate surface area is 139 Å². The van der Waals surface area contributed by atoms with Crippen LogP contribution in [0.2, 0.25) is 5.02 Å². The van der Waals surface area contributed by atoms with E-state index in [9.17, 15) is 15.0 Å². The first-order chi connectivity index (χ1) is 10.9. The van der Waals surface area contributed by atoms with Gasteiger partial charge in [0.05, 0.1) is 12.1 Å². The molecule has 2 aromatic rings. The SMILES string of the molecule is Cc1ccc(NC(=O)N[C@H](C)[C@H](O)c2ccc(O)cc2)cc1Cl. The van der Waals surface area contributed by atoms with Crippen LogP contribution in [-0.2, 0) is 0 Å². The zero-order valence-electron chi connectivity index (χ0n) is 12.9. The fourth-order valence-electron chi connectivity index (χ4n) is 2.08. The van der Waals surface area contributed by atoms with E-state index in [1.807, 2.05) is 13.0 Å². The molecule has 5 nitrogen and oxygen atoms in total. The summed E-state index contributed by atoms with van der Waals surface area (Å²) >= 11 is 6.01. The van der Waals surface area contributed by atoms with Crippen molar-refractivity contribution in [1.82, 2.24) is 5.32 Å². The third kappa shape index (κ3) is 4.61. The quantitative estimate of drug-likeness (QED) is 0.689. The van der Waals surface area contributed by atoms with Crippen LogP contribution in [0.4, 0.5) is 10.5 Å². The number of aromatic hydroxyl groups is 1. The number of rotatable bonds is 4. The van der Waals surface area contributed by atoms with Gasteiger partial charge in [-0.3, -0.25) is 0 Å². The predicted octanol–water partition coefficient (Wildman–Crippen LogP) is 3.60. The van der Waals surface area contributed by atoms with Gasteiger partial charge in [0.15, 0.2) is 0 Å². The highest BCUT2D eigenvalue weighted by Gasteiger charge is 2.18. The van der Waals surface area contributed by atoms with E-state index >= 15 is 0 Å². The maximum atomic E-state index is 12.0. The van der Waals surface area contributed by atoms with E-state index in [1.54, 1.807) is 31.2 Å². The lowest BCUT2D eigenvalue weighted by atomic mass is 10.0. The van der Waals surface area contributed by atoms with Gasteiger partial charge in [-0.25, -0.2) is 4.79 Å². The van der Waals surface area contributed by atoms with Gasteiger partial charge in [0.1, 0.15) is 5.75 Å². The molecule has 23 heavy (non-hydrogen) atoms. The summed E-state index contributed by atoms with van der Waals surface area (Å²) in [7, 11) is 0. The number of amides is 2. The van der Waals surface area contributed by atoms with Crippen molar-refractivity contribution in [3.05, 3.63) is 58.6 Å². The van der Waals surface area contributed by atoms with Crippen LogP contribution in [0, 0.1) is 6.92 Å². The summed E-state index contributed by atoms with van der Waals surface area (Å²) in [6.45, 7) is 3.57. The van der Waals surface area contributed by atoms with Gasteiger partial charge in [-0.2, -0.15) is 0 Å². The molecule has 0 unspecified atom stereocenters. The Morgan fingerprint density at radius 2 is 1.83 bits per heavy atom. The van der Waals surface area contributed by atoms with Crippen molar-refractivity contribution in [1.29, 1.82) is 0 Å². The Kier molecular flexibility index (Phi) is 5.47. The molecule has 2 aromatic carbocycles. The van der Waals surface area contributed by atoms with Gasteiger partial charge >= 0.3 is 6.03 Å². The molecule has 6 heteroatoms. The number of hydrogen-bond donors (Lipinski definition) is 4. The largest absolute Gasteiger partial charge is 0.508 e. The number of benzene rings is 2. The fourth-order valence-corrected chi connectivity index (χ4v) is 2.26. The topological polar surface area (TPSA) is 81.6 Å². The molecule has 0 aliphatic heterocycles. The van der Waals surface area contributed by atoms with E-state index in [2.05, 4.69) is 10.6 Å². The van der Waals surface area contributed by atoms with Gasteiger partial charge in [-0.05, 0) is 49.2 Å². The number of phenolic OH excluding ortho intramolecular Hbond substituents is 1. The number of hydrogen-bond acceptors (Lipinski definition) is 3. The number of carbonyl (C=O) groups excluding carboxylic acids is 1. The van der Waals surface area contributed by atoms with Crippen molar-refractivity contribution in [2.45, 2.75) is 26.0 Å². The Morgan fingerprint density at radius 3 is 2.43 bits per heavy atom. The van der Waals surface area contributed by atoms with Crippen LogP contribution in [0.3, 0.4) is 0 Å². The summed E-state index contributed by atoms with van der Waals surface area (Å²) in [5.74, 6) is 0.121. The van der Waals surface area contributed by atoms with Crippen LogP contribution in [0.1, 0.15) is 24.2 Å². The molecule has 0 saturated carbocycles. The highest BCUT2D eigenvalue weighted by atomic mass is 35.5. The van der Waals surface area contributed by atoms with Crippen molar-refractivity contribution in [3.8, 4) is 5.75 Å². The first kappa shape index (κ1) is 17.1. The standard InChI is InChI=1S/C17H19ClN2O3/c1-10-3-6-13(9-15(10)18)20-17(23)19-11(2)16(22)12-4-7-14(21)8-5-12/h3-9,11,16,21-22H,1-2H3,(H2,19,20,23)/t11-,16+/m1/s1. The molecule has 0 radical (unpaired) electrons. The van der Waals surface area contributed by atoms with Crippen molar-refractivity contribution in [3.63, 3.8) is 0 Å². The molecule has 0 aromatic heterocycles. The normalized spacial score (nSPS) is 13.2. The summed E-state index contributed by atoms with van der Waals surface area (Å²) in [4.78, 5) is 12.0. The van der Waals surface area contributed by atoms with E-state index in [-0.39, 0.29) is 5.75 Å². The number of halogens is 1. The molecule has 0 fully saturated rings. The van der Waals surface area contributed by atoms with Crippen LogP contribution in [0.25, 0.3) is 0 Å². The first-order valence-corrected chi connectivity index (χ1v) is 7.55. The van der Waals surface area contributed by atoms with Crippen LogP contribution in [-0.4, -0.2) is 22.3 Å². The van der Waals surface area contributed by atoms with Crippen molar-refractivity contribution < 1.29 is 15.0 Å². The van der Waals surface area contributed by atoms with Gasteiger partial charge in [-0.15, -0.1) is 0 Å². The van der Waals surface area contributed by atoms with Gasteiger partial charge in [-0.1, -0.05) is 29.8 Å². The molecule has 2 amide bonds. The first-order valence-electron chi connectivity index (χ1n) is 7.17. The highest BCUT2D eigenvalue weighted by molar-refractivity contribution is 6.31. The summed E-state index contributed by atoms with van der Waals surface area (Å²) in [5.41, 5.74) is 2.10. The molecule has 0 spiro atoms. The van der Waals surface area contributed by atoms with Crippen LogP contribution in [0.15, 0.2) is 42.5 Å². The van der Waals surface area contributed by atoms with E-state index in [4.69, 9.17) is 11.6 Å². The van der Waals surface area contributed by atoms with Gasteiger partial charge < -0.3 is 20.8 Å². The summed E-state index contributed by atoms with van der Waals surface area (Å²) in [6, 6.07) is 10.5. The fraction of sp³-hybridized carbons (Fsp3) is 0.235. The van der Waals surface area contributed by atoms with Crippen molar-refractivity contribution >= 4 is 23.3 Å². The van der Waals surface area contributed by atoms with Crippen LogP contribution >= 0.6 is 11.6 Å². The minimum Gasteiger partial charge on any atom is -0.508 e.